The zero-order chi connectivity index (χ0) is 11.5. The zero-order valence-electron chi connectivity index (χ0n) is 9.96. The average molecular weight is 222 g/mol. The van der Waals surface area contributed by atoms with Crippen molar-refractivity contribution in [2.75, 3.05) is 25.0 Å². The van der Waals surface area contributed by atoms with E-state index in [2.05, 4.69) is 10.2 Å². The quantitative estimate of drug-likeness (QED) is 0.846. The summed E-state index contributed by atoms with van der Waals surface area (Å²) in [5.41, 5.74) is 1.76. The molecule has 1 fully saturated rings. The molecule has 1 N–H and O–H groups in total. The number of benzene rings is 1. The van der Waals surface area contributed by atoms with Crippen molar-refractivity contribution >= 4 is 5.69 Å². The van der Waals surface area contributed by atoms with Crippen molar-refractivity contribution < 1.29 is 4.39 Å². The molecule has 0 aliphatic carbocycles. The van der Waals surface area contributed by atoms with E-state index in [0.717, 1.165) is 24.3 Å². The van der Waals surface area contributed by atoms with Crippen LogP contribution in [0.4, 0.5) is 10.1 Å². The van der Waals surface area contributed by atoms with Crippen molar-refractivity contribution in [3.63, 3.8) is 0 Å². The van der Waals surface area contributed by atoms with Crippen LogP contribution in [0.3, 0.4) is 0 Å². The molecule has 16 heavy (non-hydrogen) atoms. The smallest absolute Gasteiger partial charge is 0.146 e. The molecule has 0 radical (unpaired) electrons. The summed E-state index contributed by atoms with van der Waals surface area (Å²) in [4.78, 5) is 2.13. The molecule has 0 aromatic heterocycles. The van der Waals surface area contributed by atoms with E-state index in [1.54, 1.807) is 6.07 Å². The Morgan fingerprint density at radius 3 is 2.56 bits per heavy atom. The van der Waals surface area contributed by atoms with E-state index in [1.807, 2.05) is 26.1 Å². The Morgan fingerprint density at radius 1 is 1.31 bits per heavy atom. The predicted molar refractivity (Wildman–Crippen MR) is 65.3 cm³/mol. The second-order valence-electron chi connectivity index (χ2n) is 4.42. The van der Waals surface area contributed by atoms with Gasteiger partial charge in [-0.2, -0.15) is 0 Å². The number of hydrogen-bond donors (Lipinski definition) is 1. The van der Waals surface area contributed by atoms with Crippen LogP contribution in [0, 0.1) is 5.82 Å². The third-order valence-electron chi connectivity index (χ3n) is 3.35. The zero-order valence-corrected chi connectivity index (χ0v) is 9.96. The Morgan fingerprint density at radius 2 is 2.00 bits per heavy atom. The van der Waals surface area contributed by atoms with Crippen LogP contribution in [0.2, 0.25) is 0 Å². The Labute approximate surface area is 96.5 Å². The second kappa shape index (κ2) is 4.83. The summed E-state index contributed by atoms with van der Waals surface area (Å²) in [6.07, 6.45) is 2.35. The summed E-state index contributed by atoms with van der Waals surface area (Å²) in [6, 6.07) is 5.76. The molecule has 3 heteroatoms. The third kappa shape index (κ3) is 2.19. The van der Waals surface area contributed by atoms with E-state index < -0.39 is 0 Å². The van der Waals surface area contributed by atoms with Gasteiger partial charge in [0.15, 0.2) is 0 Å². The highest BCUT2D eigenvalue weighted by atomic mass is 19.1. The van der Waals surface area contributed by atoms with Crippen LogP contribution in [0.5, 0.6) is 0 Å². The fraction of sp³-hybridized carbons (Fsp3) is 0.538. The highest BCUT2D eigenvalue weighted by Crippen LogP contribution is 2.26. The maximum absolute atomic E-state index is 13.9. The highest BCUT2D eigenvalue weighted by Gasteiger charge is 2.16. The van der Waals surface area contributed by atoms with Crippen molar-refractivity contribution in [2.45, 2.75) is 25.8 Å². The minimum absolute atomic E-state index is 0.0958. The lowest BCUT2D eigenvalue weighted by Crippen LogP contribution is -2.19. The predicted octanol–water partition coefficient (Wildman–Crippen LogP) is 2.71. The van der Waals surface area contributed by atoms with Crippen molar-refractivity contribution in [3.8, 4) is 0 Å². The standard InChI is InChI=1S/C13H19FN2/c1-10(15-2)11-5-6-13(12(14)9-11)16-7-3-4-8-16/h5-6,9-10,15H,3-4,7-8H2,1-2H3/t10-/m0/s1. The van der Waals surface area contributed by atoms with Gasteiger partial charge in [-0.3, -0.25) is 0 Å². The van der Waals surface area contributed by atoms with Crippen molar-refractivity contribution in [1.29, 1.82) is 0 Å². The van der Waals surface area contributed by atoms with Crippen LogP contribution >= 0.6 is 0 Å². The molecule has 0 bridgehead atoms. The van der Waals surface area contributed by atoms with Gasteiger partial charge in [-0.15, -0.1) is 0 Å². The fourth-order valence-corrected chi connectivity index (χ4v) is 2.17. The molecule has 1 aliphatic rings. The molecule has 1 aromatic carbocycles. The number of rotatable bonds is 3. The molecule has 0 saturated carbocycles. The Hall–Kier alpha value is -1.09. The molecule has 1 saturated heterocycles. The molecule has 1 aromatic rings. The largest absolute Gasteiger partial charge is 0.369 e. The summed E-state index contributed by atoms with van der Waals surface area (Å²) in [7, 11) is 1.89. The lowest BCUT2D eigenvalue weighted by Gasteiger charge is -2.20. The molecule has 1 heterocycles. The molecule has 2 rings (SSSR count). The summed E-state index contributed by atoms with van der Waals surface area (Å²) in [6.45, 7) is 4.00. The van der Waals surface area contributed by atoms with E-state index in [1.165, 1.54) is 12.8 Å². The molecular formula is C13H19FN2. The lowest BCUT2D eigenvalue weighted by atomic mass is 10.1. The first-order chi connectivity index (χ1) is 7.72. The van der Waals surface area contributed by atoms with E-state index in [4.69, 9.17) is 0 Å². The second-order valence-corrected chi connectivity index (χ2v) is 4.42. The van der Waals surface area contributed by atoms with Gasteiger partial charge in [0.05, 0.1) is 5.69 Å². The van der Waals surface area contributed by atoms with Gasteiger partial charge in [-0.05, 0) is 44.5 Å². The molecule has 1 atom stereocenters. The normalized spacial score (nSPS) is 17.8. The van der Waals surface area contributed by atoms with Crippen LogP contribution in [0.1, 0.15) is 31.4 Å². The maximum atomic E-state index is 13.9. The van der Waals surface area contributed by atoms with Crippen LogP contribution in [0.15, 0.2) is 18.2 Å². The van der Waals surface area contributed by atoms with Gasteiger partial charge in [0.25, 0.3) is 0 Å². The van der Waals surface area contributed by atoms with E-state index in [0.29, 0.717) is 0 Å². The van der Waals surface area contributed by atoms with E-state index in [-0.39, 0.29) is 11.9 Å². The first-order valence-electron chi connectivity index (χ1n) is 5.94. The monoisotopic (exact) mass is 222 g/mol. The van der Waals surface area contributed by atoms with Crippen molar-refractivity contribution in [1.82, 2.24) is 5.32 Å². The number of nitrogens with one attached hydrogen (secondary N) is 1. The van der Waals surface area contributed by atoms with Crippen LogP contribution in [-0.2, 0) is 0 Å². The molecule has 2 nitrogen and oxygen atoms in total. The first kappa shape index (κ1) is 11.4. The van der Waals surface area contributed by atoms with E-state index >= 15 is 0 Å². The summed E-state index contributed by atoms with van der Waals surface area (Å²) < 4.78 is 13.9. The molecular weight excluding hydrogens is 203 g/mol. The number of hydrogen-bond acceptors (Lipinski definition) is 2. The van der Waals surface area contributed by atoms with Gasteiger partial charge in [0.2, 0.25) is 0 Å². The average Bonchev–Trinajstić information content (AvgIpc) is 2.81. The van der Waals surface area contributed by atoms with E-state index in [9.17, 15) is 4.39 Å². The molecule has 88 valence electrons. The Balaban J connectivity index is 2.22. The van der Waals surface area contributed by atoms with Gasteiger partial charge >= 0.3 is 0 Å². The van der Waals surface area contributed by atoms with Crippen LogP contribution in [0.25, 0.3) is 0 Å². The molecule has 0 spiro atoms. The number of anilines is 1. The molecule has 0 unspecified atom stereocenters. The van der Waals surface area contributed by atoms with Crippen LogP contribution in [-0.4, -0.2) is 20.1 Å². The fourth-order valence-electron chi connectivity index (χ4n) is 2.17. The van der Waals surface area contributed by atoms with Gasteiger partial charge < -0.3 is 10.2 Å². The van der Waals surface area contributed by atoms with Crippen molar-refractivity contribution in [3.05, 3.63) is 29.6 Å². The minimum Gasteiger partial charge on any atom is -0.369 e. The highest BCUT2D eigenvalue weighted by molar-refractivity contribution is 5.50. The van der Waals surface area contributed by atoms with Crippen molar-refractivity contribution in [2.24, 2.45) is 0 Å². The van der Waals surface area contributed by atoms with Gasteiger partial charge in [-0.1, -0.05) is 6.07 Å². The maximum Gasteiger partial charge on any atom is 0.146 e. The van der Waals surface area contributed by atoms with Gasteiger partial charge in [0.1, 0.15) is 5.82 Å². The minimum atomic E-state index is -0.0958. The molecule has 0 amide bonds. The van der Waals surface area contributed by atoms with Gasteiger partial charge in [-0.25, -0.2) is 4.39 Å². The third-order valence-corrected chi connectivity index (χ3v) is 3.35. The first-order valence-corrected chi connectivity index (χ1v) is 5.94. The number of nitrogens with zero attached hydrogens (tertiary/aromatic N) is 1. The Kier molecular flexibility index (Phi) is 3.44. The topological polar surface area (TPSA) is 15.3 Å². The SMILES string of the molecule is CN[C@@H](C)c1ccc(N2CCCC2)c(F)c1. The molecule has 1 aliphatic heterocycles. The van der Waals surface area contributed by atoms with Crippen LogP contribution < -0.4 is 10.2 Å². The summed E-state index contributed by atoms with van der Waals surface area (Å²) in [5, 5.41) is 3.12. The lowest BCUT2D eigenvalue weighted by molar-refractivity contribution is 0.605. The van der Waals surface area contributed by atoms with Gasteiger partial charge in [0, 0.05) is 19.1 Å². The summed E-state index contributed by atoms with van der Waals surface area (Å²) in [5.74, 6) is -0.0958. The number of halogens is 1. The Bertz CT molecular complexity index is 359. The summed E-state index contributed by atoms with van der Waals surface area (Å²) >= 11 is 0.